The average Bonchev–Trinajstić information content (AvgIpc) is 2.31. The molecule has 0 saturated heterocycles. The van der Waals surface area contributed by atoms with Crippen LogP contribution >= 0.6 is 0 Å². The third kappa shape index (κ3) is 3.50. The van der Waals surface area contributed by atoms with Gasteiger partial charge in [-0.25, -0.2) is 0 Å². The highest BCUT2D eigenvalue weighted by Crippen LogP contribution is 2.13. The van der Waals surface area contributed by atoms with Crippen molar-refractivity contribution in [3.63, 3.8) is 0 Å². The van der Waals surface area contributed by atoms with Gasteiger partial charge < -0.3 is 11.1 Å². The Balaban J connectivity index is 2.69. The summed E-state index contributed by atoms with van der Waals surface area (Å²) in [5.41, 5.74) is 8.33. The molecule has 1 rings (SSSR count). The molecule has 1 aromatic rings. The van der Waals surface area contributed by atoms with E-state index in [1.807, 2.05) is 6.08 Å². The molecule has 0 aliphatic rings. The largest absolute Gasteiger partial charge is 0.329 e. The lowest BCUT2D eigenvalue weighted by molar-refractivity contribution is 0.577. The third-order valence-electron chi connectivity index (χ3n) is 2.53. The normalized spacial score (nSPS) is 12.4. The predicted molar refractivity (Wildman–Crippen MR) is 65.8 cm³/mol. The van der Waals surface area contributed by atoms with E-state index in [1.54, 1.807) is 0 Å². The maximum atomic E-state index is 5.72. The molecule has 0 radical (unpaired) electrons. The van der Waals surface area contributed by atoms with Crippen molar-refractivity contribution >= 4 is 0 Å². The molecule has 0 spiro atoms. The molecule has 0 aliphatic heterocycles. The highest BCUT2D eigenvalue weighted by molar-refractivity contribution is 5.25. The monoisotopic (exact) mass is 204 g/mol. The van der Waals surface area contributed by atoms with E-state index in [9.17, 15) is 0 Å². The quantitative estimate of drug-likeness (QED) is 0.696. The van der Waals surface area contributed by atoms with Crippen molar-refractivity contribution < 1.29 is 0 Å². The fraction of sp³-hybridized carbons (Fsp3) is 0.385. The third-order valence-corrected chi connectivity index (χ3v) is 2.53. The van der Waals surface area contributed by atoms with E-state index in [0.717, 1.165) is 13.0 Å². The summed E-state index contributed by atoms with van der Waals surface area (Å²) in [6, 6.07) is 8.84. The molecule has 0 saturated carbocycles. The van der Waals surface area contributed by atoms with Crippen LogP contribution in [0.1, 0.15) is 24.1 Å². The SMILES string of the molecule is C=CCNC(CN)c1ccc(CC)cc1. The highest BCUT2D eigenvalue weighted by Gasteiger charge is 2.06. The standard InChI is InChI=1S/C13H20N2/c1-3-9-15-13(10-14)12-7-5-11(4-2)6-8-12/h3,5-8,13,15H,1,4,9-10,14H2,2H3. The van der Waals surface area contributed by atoms with Crippen molar-refractivity contribution in [2.75, 3.05) is 13.1 Å². The van der Waals surface area contributed by atoms with Crippen molar-refractivity contribution in [2.24, 2.45) is 5.73 Å². The molecule has 82 valence electrons. The molecule has 1 aromatic carbocycles. The summed E-state index contributed by atoms with van der Waals surface area (Å²) < 4.78 is 0. The molecule has 2 heteroatoms. The fourth-order valence-electron chi connectivity index (χ4n) is 1.55. The van der Waals surface area contributed by atoms with Crippen molar-refractivity contribution in [2.45, 2.75) is 19.4 Å². The number of benzene rings is 1. The van der Waals surface area contributed by atoms with Gasteiger partial charge in [0.25, 0.3) is 0 Å². The zero-order valence-corrected chi connectivity index (χ0v) is 9.37. The Kier molecular flexibility index (Phi) is 5.08. The van der Waals surface area contributed by atoms with E-state index in [0.29, 0.717) is 6.54 Å². The lowest BCUT2D eigenvalue weighted by Gasteiger charge is -2.16. The zero-order valence-electron chi connectivity index (χ0n) is 9.37. The molecule has 1 unspecified atom stereocenters. The van der Waals surface area contributed by atoms with Crippen molar-refractivity contribution in [1.82, 2.24) is 5.32 Å². The molecule has 2 nitrogen and oxygen atoms in total. The van der Waals surface area contributed by atoms with Crippen LogP contribution in [0.3, 0.4) is 0 Å². The number of hydrogen-bond acceptors (Lipinski definition) is 2. The van der Waals surface area contributed by atoms with Crippen LogP contribution in [0, 0.1) is 0 Å². The summed E-state index contributed by atoms with van der Waals surface area (Å²) in [5.74, 6) is 0. The summed E-state index contributed by atoms with van der Waals surface area (Å²) in [6.07, 6.45) is 2.93. The van der Waals surface area contributed by atoms with Gasteiger partial charge in [-0.15, -0.1) is 6.58 Å². The second-order valence-corrected chi connectivity index (χ2v) is 3.58. The van der Waals surface area contributed by atoms with Gasteiger partial charge in [0, 0.05) is 19.1 Å². The van der Waals surface area contributed by atoms with Crippen LogP contribution in [0.15, 0.2) is 36.9 Å². The smallest absolute Gasteiger partial charge is 0.0446 e. The minimum absolute atomic E-state index is 0.230. The van der Waals surface area contributed by atoms with Gasteiger partial charge in [-0.05, 0) is 17.5 Å². The maximum absolute atomic E-state index is 5.72. The van der Waals surface area contributed by atoms with Crippen LogP contribution in [0.5, 0.6) is 0 Å². The Morgan fingerprint density at radius 1 is 1.40 bits per heavy atom. The topological polar surface area (TPSA) is 38.0 Å². The van der Waals surface area contributed by atoms with Gasteiger partial charge in [-0.1, -0.05) is 37.3 Å². The van der Waals surface area contributed by atoms with Gasteiger partial charge in [0.2, 0.25) is 0 Å². The van der Waals surface area contributed by atoms with Gasteiger partial charge in [0.1, 0.15) is 0 Å². The highest BCUT2D eigenvalue weighted by atomic mass is 14.9. The van der Waals surface area contributed by atoms with Crippen LogP contribution in [0.25, 0.3) is 0 Å². The summed E-state index contributed by atoms with van der Waals surface area (Å²) >= 11 is 0. The zero-order chi connectivity index (χ0) is 11.1. The Bertz CT molecular complexity index is 290. The first-order chi connectivity index (χ1) is 7.31. The molecule has 0 aliphatic carbocycles. The number of nitrogens with one attached hydrogen (secondary N) is 1. The number of aryl methyl sites for hydroxylation is 1. The van der Waals surface area contributed by atoms with Gasteiger partial charge in [-0.2, -0.15) is 0 Å². The first-order valence-electron chi connectivity index (χ1n) is 5.45. The Hall–Kier alpha value is -1.12. The molecule has 15 heavy (non-hydrogen) atoms. The van der Waals surface area contributed by atoms with Crippen molar-refractivity contribution in [3.05, 3.63) is 48.0 Å². The Morgan fingerprint density at radius 2 is 2.07 bits per heavy atom. The fourth-order valence-corrected chi connectivity index (χ4v) is 1.55. The summed E-state index contributed by atoms with van der Waals surface area (Å²) in [5, 5.41) is 3.33. The van der Waals surface area contributed by atoms with Crippen molar-refractivity contribution in [3.8, 4) is 0 Å². The summed E-state index contributed by atoms with van der Waals surface area (Å²) in [7, 11) is 0. The second-order valence-electron chi connectivity index (χ2n) is 3.58. The molecular weight excluding hydrogens is 184 g/mol. The lowest BCUT2D eigenvalue weighted by Crippen LogP contribution is -2.28. The van der Waals surface area contributed by atoms with E-state index in [1.165, 1.54) is 11.1 Å². The molecule has 0 bridgehead atoms. The minimum atomic E-state index is 0.230. The van der Waals surface area contributed by atoms with Crippen LogP contribution < -0.4 is 11.1 Å². The van der Waals surface area contributed by atoms with Gasteiger partial charge >= 0.3 is 0 Å². The lowest BCUT2D eigenvalue weighted by atomic mass is 10.0. The minimum Gasteiger partial charge on any atom is -0.329 e. The summed E-state index contributed by atoms with van der Waals surface area (Å²) in [6.45, 7) is 7.24. The Morgan fingerprint density at radius 3 is 2.53 bits per heavy atom. The van der Waals surface area contributed by atoms with E-state index < -0.39 is 0 Å². The maximum Gasteiger partial charge on any atom is 0.0446 e. The summed E-state index contributed by atoms with van der Waals surface area (Å²) in [4.78, 5) is 0. The molecule has 0 amide bonds. The molecule has 1 atom stereocenters. The van der Waals surface area contributed by atoms with E-state index >= 15 is 0 Å². The Labute approximate surface area is 92.2 Å². The van der Waals surface area contributed by atoms with Gasteiger partial charge in [0.05, 0.1) is 0 Å². The molecule has 0 aromatic heterocycles. The molecular formula is C13H20N2. The second kappa shape index (κ2) is 6.38. The van der Waals surface area contributed by atoms with Crippen LogP contribution in [0.4, 0.5) is 0 Å². The molecule has 0 fully saturated rings. The van der Waals surface area contributed by atoms with E-state index in [2.05, 4.69) is 43.1 Å². The van der Waals surface area contributed by atoms with E-state index in [4.69, 9.17) is 5.73 Å². The first kappa shape index (κ1) is 12.0. The number of rotatable bonds is 6. The molecule has 0 heterocycles. The first-order valence-corrected chi connectivity index (χ1v) is 5.45. The van der Waals surface area contributed by atoms with Gasteiger partial charge in [-0.3, -0.25) is 0 Å². The predicted octanol–water partition coefficient (Wildman–Crippen LogP) is 2.02. The average molecular weight is 204 g/mol. The van der Waals surface area contributed by atoms with Gasteiger partial charge in [0.15, 0.2) is 0 Å². The number of nitrogens with two attached hydrogens (primary N) is 1. The molecule has 3 N–H and O–H groups in total. The van der Waals surface area contributed by atoms with Crippen LogP contribution in [-0.2, 0) is 6.42 Å². The van der Waals surface area contributed by atoms with E-state index in [-0.39, 0.29) is 6.04 Å². The van der Waals surface area contributed by atoms with Crippen molar-refractivity contribution in [1.29, 1.82) is 0 Å². The number of hydrogen-bond donors (Lipinski definition) is 2. The van der Waals surface area contributed by atoms with Crippen LogP contribution in [0.2, 0.25) is 0 Å². The van der Waals surface area contributed by atoms with Crippen LogP contribution in [-0.4, -0.2) is 13.1 Å².